The van der Waals surface area contributed by atoms with Crippen LogP contribution in [0.4, 0.5) is 0 Å². The Hall–Kier alpha value is -2.76. The minimum Gasteiger partial charge on any atom is -0.466 e. The number of hydrogen-bond donors (Lipinski definition) is 2. The molecule has 1 aromatic heterocycles. The lowest BCUT2D eigenvalue weighted by atomic mass is 10.1. The minimum atomic E-state index is 0.249. The van der Waals surface area contributed by atoms with Gasteiger partial charge in [0.15, 0.2) is 5.96 Å². The van der Waals surface area contributed by atoms with Crippen LogP contribution in [0.25, 0.3) is 0 Å². The van der Waals surface area contributed by atoms with E-state index in [0.717, 1.165) is 55.6 Å². The van der Waals surface area contributed by atoms with Crippen molar-refractivity contribution in [3.8, 4) is 0 Å². The number of benzene rings is 1. The Morgan fingerprint density at radius 2 is 2.03 bits per heavy atom. The topological polar surface area (TPSA) is 69.9 Å². The molecule has 1 atom stereocenters. The van der Waals surface area contributed by atoms with E-state index in [9.17, 15) is 4.79 Å². The maximum atomic E-state index is 12.4. The molecule has 2 aromatic rings. The van der Waals surface area contributed by atoms with E-state index in [0.29, 0.717) is 18.9 Å². The van der Waals surface area contributed by atoms with Crippen LogP contribution in [0.15, 0.2) is 45.8 Å². The third kappa shape index (κ3) is 6.11. The van der Waals surface area contributed by atoms with Gasteiger partial charge in [-0.25, -0.2) is 4.99 Å². The fraction of sp³-hybridized carbons (Fsp3) is 0.478. The highest BCUT2D eigenvalue weighted by molar-refractivity contribution is 5.81. The molecule has 2 N–H and O–H groups in total. The summed E-state index contributed by atoms with van der Waals surface area (Å²) in [6.07, 6.45) is 1.50. The third-order valence-corrected chi connectivity index (χ3v) is 5.26. The maximum Gasteiger partial charge on any atom is 0.223 e. The molecule has 156 valence electrons. The average Bonchev–Trinajstić information content (AvgIpc) is 3.23. The van der Waals surface area contributed by atoms with Gasteiger partial charge in [-0.3, -0.25) is 4.79 Å². The summed E-state index contributed by atoms with van der Waals surface area (Å²) in [5.74, 6) is 3.16. The highest BCUT2D eigenvalue weighted by Crippen LogP contribution is 2.18. The summed E-state index contributed by atoms with van der Waals surface area (Å²) >= 11 is 0. The Balaban J connectivity index is 1.48. The number of likely N-dealkylation sites (tertiary alicyclic amines) is 1. The van der Waals surface area contributed by atoms with Crippen molar-refractivity contribution >= 4 is 11.9 Å². The van der Waals surface area contributed by atoms with Crippen molar-refractivity contribution in [2.75, 3.05) is 26.2 Å². The second-order valence-corrected chi connectivity index (χ2v) is 7.66. The second-order valence-electron chi connectivity index (χ2n) is 7.66. The molecule has 6 nitrogen and oxygen atoms in total. The van der Waals surface area contributed by atoms with Crippen LogP contribution in [0.2, 0.25) is 0 Å². The van der Waals surface area contributed by atoms with Crippen molar-refractivity contribution in [1.29, 1.82) is 0 Å². The standard InChI is InChI=1S/C23H32N4O2/c1-4-24-23(26-15-21-12-17(2)29-18(21)3)25-14-20-13-22(28)27(16-20)11-10-19-8-6-5-7-9-19/h5-9,12,20H,4,10-11,13-16H2,1-3H3,(H2,24,25,26). The summed E-state index contributed by atoms with van der Waals surface area (Å²) in [4.78, 5) is 19.0. The number of aryl methyl sites for hydroxylation is 2. The smallest absolute Gasteiger partial charge is 0.223 e. The van der Waals surface area contributed by atoms with Gasteiger partial charge in [0.1, 0.15) is 11.5 Å². The Labute approximate surface area is 173 Å². The van der Waals surface area contributed by atoms with Crippen LogP contribution in [0, 0.1) is 19.8 Å². The summed E-state index contributed by atoms with van der Waals surface area (Å²) in [6, 6.07) is 12.4. The quantitative estimate of drug-likeness (QED) is 0.532. The van der Waals surface area contributed by atoms with Crippen molar-refractivity contribution in [2.24, 2.45) is 10.9 Å². The van der Waals surface area contributed by atoms with Gasteiger partial charge in [-0.2, -0.15) is 0 Å². The van der Waals surface area contributed by atoms with Gasteiger partial charge in [0, 0.05) is 44.1 Å². The number of aliphatic imine (C=N–C) groups is 1. The first-order chi connectivity index (χ1) is 14.0. The first kappa shape index (κ1) is 21.0. The molecule has 1 aliphatic heterocycles. The molecule has 0 bridgehead atoms. The van der Waals surface area contributed by atoms with Gasteiger partial charge in [-0.1, -0.05) is 30.3 Å². The van der Waals surface area contributed by atoms with E-state index in [1.54, 1.807) is 0 Å². The van der Waals surface area contributed by atoms with E-state index in [-0.39, 0.29) is 5.91 Å². The minimum absolute atomic E-state index is 0.249. The van der Waals surface area contributed by atoms with Crippen molar-refractivity contribution in [3.05, 3.63) is 59.0 Å². The molecule has 0 spiro atoms. The molecule has 0 radical (unpaired) electrons. The monoisotopic (exact) mass is 396 g/mol. The fourth-order valence-corrected chi connectivity index (χ4v) is 3.70. The van der Waals surface area contributed by atoms with E-state index in [1.807, 2.05) is 43.0 Å². The number of guanidine groups is 1. The fourth-order valence-electron chi connectivity index (χ4n) is 3.70. The van der Waals surface area contributed by atoms with E-state index >= 15 is 0 Å². The molecular formula is C23H32N4O2. The molecule has 1 amide bonds. The highest BCUT2D eigenvalue weighted by Gasteiger charge is 2.29. The molecule has 1 saturated heterocycles. The lowest BCUT2D eigenvalue weighted by molar-refractivity contribution is -0.127. The van der Waals surface area contributed by atoms with Crippen LogP contribution in [0.3, 0.4) is 0 Å². The van der Waals surface area contributed by atoms with Crippen LogP contribution in [0.1, 0.15) is 36.0 Å². The number of hydrogen-bond acceptors (Lipinski definition) is 3. The zero-order valence-electron chi connectivity index (χ0n) is 17.7. The van der Waals surface area contributed by atoms with Crippen molar-refractivity contribution < 1.29 is 9.21 Å². The highest BCUT2D eigenvalue weighted by atomic mass is 16.3. The van der Waals surface area contributed by atoms with Crippen LogP contribution in [0.5, 0.6) is 0 Å². The Bertz CT molecular complexity index is 829. The SMILES string of the molecule is CCNC(=NCc1cc(C)oc1C)NCC1CC(=O)N(CCc2ccccc2)C1. The maximum absolute atomic E-state index is 12.4. The van der Waals surface area contributed by atoms with Crippen LogP contribution in [-0.4, -0.2) is 42.9 Å². The lowest BCUT2D eigenvalue weighted by Gasteiger charge is -2.18. The molecule has 1 aliphatic rings. The third-order valence-electron chi connectivity index (χ3n) is 5.26. The summed E-state index contributed by atoms with van der Waals surface area (Å²) in [6.45, 7) is 9.66. The van der Waals surface area contributed by atoms with Gasteiger partial charge in [-0.05, 0) is 38.8 Å². The molecule has 1 unspecified atom stereocenters. The number of rotatable bonds is 8. The molecule has 2 heterocycles. The summed E-state index contributed by atoms with van der Waals surface area (Å²) in [5, 5.41) is 6.69. The van der Waals surface area contributed by atoms with E-state index in [1.165, 1.54) is 5.56 Å². The number of furan rings is 1. The summed E-state index contributed by atoms with van der Waals surface area (Å²) in [7, 11) is 0. The zero-order valence-corrected chi connectivity index (χ0v) is 17.7. The van der Waals surface area contributed by atoms with Crippen molar-refractivity contribution in [2.45, 2.75) is 40.2 Å². The van der Waals surface area contributed by atoms with E-state index in [4.69, 9.17) is 4.42 Å². The number of nitrogens with zero attached hydrogens (tertiary/aromatic N) is 2. The average molecular weight is 397 g/mol. The predicted molar refractivity (Wildman–Crippen MR) is 116 cm³/mol. The Kier molecular flexibility index (Phi) is 7.33. The van der Waals surface area contributed by atoms with Crippen LogP contribution in [-0.2, 0) is 17.8 Å². The molecule has 6 heteroatoms. The normalized spacial score (nSPS) is 17.1. The lowest BCUT2D eigenvalue weighted by Crippen LogP contribution is -2.40. The molecule has 0 saturated carbocycles. The first-order valence-corrected chi connectivity index (χ1v) is 10.4. The van der Waals surface area contributed by atoms with Gasteiger partial charge in [0.05, 0.1) is 6.54 Å². The van der Waals surface area contributed by atoms with Crippen molar-refractivity contribution in [3.63, 3.8) is 0 Å². The Morgan fingerprint density at radius 1 is 1.24 bits per heavy atom. The molecule has 3 rings (SSSR count). The summed E-state index contributed by atoms with van der Waals surface area (Å²) in [5.41, 5.74) is 2.37. The van der Waals surface area contributed by atoms with Gasteiger partial charge in [0.2, 0.25) is 5.91 Å². The van der Waals surface area contributed by atoms with Gasteiger partial charge < -0.3 is 20.0 Å². The van der Waals surface area contributed by atoms with Gasteiger partial charge in [-0.15, -0.1) is 0 Å². The largest absolute Gasteiger partial charge is 0.466 e. The molecule has 1 aromatic carbocycles. The zero-order chi connectivity index (χ0) is 20.6. The molecule has 1 fully saturated rings. The van der Waals surface area contributed by atoms with Crippen LogP contribution < -0.4 is 10.6 Å². The number of nitrogens with one attached hydrogen (secondary N) is 2. The summed E-state index contributed by atoms with van der Waals surface area (Å²) < 4.78 is 5.57. The molecular weight excluding hydrogens is 364 g/mol. The van der Waals surface area contributed by atoms with E-state index < -0.39 is 0 Å². The second kappa shape index (κ2) is 10.1. The molecule has 0 aliphatic carbocycles. The first-order valence-electron chi connectivity index (χ1n) is 10.4. The Morgan fingerprint density at radius 3 is 2.72 bits per heavy atom. The van der Waals surface area contributed by atoms with Crippen LogP contribution >= 0.6 is 0 Å². The number of carbonyl (C=O) groups is 1. The number of carbonyl (C=O) groups excluding carboxylic acids is 1. The van der Waals surface area contributed by atoms with Crippen molar-refractivity contribution in [1.82, 2.24) is 15.5 Å². The van der Waals surface area contributed by atoms with E-state index in [2.05, 4.69) is 34.7 Å². The van der Waals surface area contributed by atoms with Gasteiger partial charge in [0.25, 0.3) is 0 Å². The van der Waals surface area contributed by atoms with Gasteiger partial charge >= 0.3 is 0 Å². The molecule has 29 heavy (non-hydrogen) atoms. The number of amides is 1. The predicted octanol–water partition coefficient (Wildman–Crippen LogP) is 3.04.